The second-order valence-corrected chi connectivity index (χ2v) is 5.49. The van der Waals surface area contributed by atoms with E-state index < -0.39 is 22.0 Å². The van der Waals surface area contributed by atoms with Crippen LogP contribution in [0, 0.1) is 0 Å². The average molecular weight is 291 g/mol. The standard InChI is InChI=1S/C10H23NO4S.K/c1-2-3-4-5-6-10(12)9-11-7-8-16(13,14)15;/h10-12H,2-9H2,1H3,(H,13,14,15);/q;+1/p-1. The maximum Gasteiger partial charge on any atom is 1.00 e. The topological polar surface area (TPSA) is 89.5 Å². The average Bonchev–Trinajstić information content (AvgIpc) is 2.18. The molecule has 0 aromatic rings. The summed E-state index contributed by atoms with van der Waals surface area (Å²) in [4.78, 5) is 0. The van der Waals surface area contributed by atoms with Crippen LogP contribution in [0.3, 0.4) is 0 Å². The quantitative estimate of drug-likeness (QED) is 0.263. The number of hydrogen-bond acceptors (Lipinski definition) is 5. The maximum atomic E-state index is 10.3. The van der Waals surface area contributed by atoms with E-state index >= 15 is 0 Å². The van der Waals surface area contributed by atoms with Crippen LogP contribution in [0.1, 0.15) is 39.0 Å². The Kier molecular flexibility index (Phi) is 15.3. The Hall–Kier alpha value is 1.47. The summed E-state index contributed by atoms with van der Waals surface area (Å²) in [7, 11) is -4.14. The van der Waals surface area contributed by atoms with Gasteiger partial charge in [0.1, 0.15) is 0 Å². The van der Waals surface area contributed by atoms with E-state index in [1.165, 1.54) is 6.42 Å². The minimum Gasteiger partial charge on any atom is -0.748 e. The summed E-state index contributed by atoms with van der Waals surface area (Å²) in [6, 6.07) is 0. The van der Waals surface area contributed by atoms with Crippen LogP contribution in [0.2, 0.25) is 0 Å². The Labute approximate surface area is 147 Å². The van der Waals surface area contributed by atoms with Crippen molar-refractivity contribution >= 4 is 10.1 Å². The van der Waals surface area contributed by atoms with Gasteiger partial charge >= 0.3 is 51.4 Å². The van der Waals surface area contributed by atoms with Crippen LogP contribution in [0.25, 0.3) is 0 Å². The van der Waals surface area contributed by atoms with Crippen LogP contribution >= 0.6 is 0 Å². The van der Waals surface area contributed by atoms with Crippen molar-refractivity contribution in [3.63, 3.8) is 0 Å². The van der Waals surface area contributed by atoms with E-state index in [4.69, 9.17) is 0 Å². The second-order valence-electron chi connectivity index (χ2n) is 3.97. The van der Waals surface area contributed by atoms with Crippen LogP contribution in [0.4, 0.5) is 0 Å². The molecule has 5 nitrogen and oxygen atoms in total. The first-order chi connectivity index (χ1) is 7.45. The number of nitrogens with one attached hydrogen (secondary N) is 1. The van der Waals surface area contributed by atoms with Gasteiger partial charge in [-0.3, -0.25) is 0 Å². The molecule has 2 N–H and O–H groups in total. The van der Waals surface area contributed by atoms with E-state index in [0.29, 0.717) is 6.54 Å². The van der Waals surface area contributed by atoms with Crippen LogP contribution in [-0.2, 0) is 10.1 Å². The van der Waals surface area contributed by atoms with E-state index in [0.717, 1.165) is 25.7 Å². The van der Waals surface area contributed by atoms with Crippen molar-refractivity contribution < 1.29 is 69.5 Å². The molecule has 1 atom stereocenters. The second kappa shape index (κ2) is 12.5. The molecule has 0 spiro atoms. The van der Waals surface area contributed by atoms with Crippen LogP contribution in [0.5, 0.6) is 0 Å². The van der Waals surface area contributed by atoms with Gasteiger partial charge < -0.3 is 15.0 Å². The predicted molar refractivity (Wildman–Crippen MR) is 62.2 cm³/mol. The van der Waals surface area contributed by atoms with Gasteiger partial charge in [-0.1, -0.05) is 32.6 Å². The zero-order chi connectivity index (χ0) is 12.4. The number of rotatable bonds is 10. The van der Waals surface area contributed by atoms with Crippen LogP contribution < -0.4 is 56.7 Å². The monoisotopic (exact) mass is 291 g/mol. The van der Waals surface area contributed by atoms with E-state index in [9.17, 15) is 18.1 Å². The smallest absolute Gasteiger partial charge is 0.748 e. The number of hydrogen-bond donors (Lipinski definition) is 2. The van der Waals surface area contributed by atoms with Gasteiger partial charge in [-0.25, -0.2) is 8.42 Å². The summed E-state index contributed by atoms with van der Waals surface area (Å²) < 4.78 is 30.8. The molecule has 7 heteroatoms. The molecule has 17 heavy (non-hydrogen) atoms. The Morgan fingerprint density at radius 1 is 1.29 bits per heavy atom. The molecule has 0 rings (SSSR count). The Bertz CT molecular complexity index is 259. The Morgan fingerprint density at radius 2 is 1.94 bits per heavy atom. The normalized spacial score (nSPS) is 13.1. The molecule has 0 saturated heterocycles. The van der Waals surface area contributed by atoms with Crippen molar-refractivity contribution in [3.05, 3.63) is 0 Å². The third-order valence-electron chi connectivity index (χ3n) is 2.30. The molecule has 0 heterocycles. The van der Waals surface area contributed by atoms with Gasteiger partial charge in [0.15, 0.2) is 0 Å². The molecule has 0 radical (unpaired) electrons. The molecule has 98 valence electrons. The molecule has 1 unspecified atom stereocenters. The minimum atomic E-state index is -4.14. The largest absolute Gasteiger partial charge is 1.00 e. The molecular formula is C10H22KNO4S. The zero-order valence-electron chi connectivity index (χ0n) is 10.8. The maximum absolute atomic E-state index is 10.3. The molecule has 0 fully saturated rings. The summed E-state index contributed by atoms with van der Waals surface area (Å²) in [6.07, 6.45) is 4.70. The van der Waals surface area contributed by atoms with Crippen molar-refractivity contribution in [2.75, 3.05) is 18.8 Å². The number of aliphatic hydroxyl groups is 1. The van der Waals surface area contributed by atoms with Gasteiger partial charge in [-0.05, 0) is 6.42 Å². The van der Waals surface area contributed by atoms with Crippen molar-refractivity contribution in [2.45, 2.75) is 45.1 Å². The Morgan fingerprint density at radius 3 is 2.47 bits per heavy atom. The van der Waals surface area contributed by atoms with Gasteiger partial charge in [-0.2, -0.15) is 0 Å². The van der Waals surface area contributed by atoms with Crippen molar-refractivity contribution in [1.29, 1.82) is 0 Å². The van der Waals surface area contributed by atoms with Gasteiger partial charge in [-0.15, -0.1) is 0 Å². The molecule has 0 aromatic heterocycles. The zero-order valence-corrected chi connectivity index (χ0v) is 14.8. The first-order valence-corrected chi connectivity index (χ1v) is 7.35. The molecule has 0 amide bonds. The van der Waals surface area contributed by atoms with Crippen molar-refractivity contribution in [2.24, 2.45) is 0 Å². The molecule has 0 aliphatic heterocycles. The molecule has 0 aliphatic rings. The van der Waals surface area contributed by atoms with Crippen molar-refractivity contribution in [3.8, 4) is 0 Å². The third kappa shape index (κ3) is 17.5. The van der Waals surface area contributed by atoms with E-state index in [-0.39, 0.29) is 57.9 Å². The predicted octanol–water partition coefficient (Wildman–Crippen LogP) is -2.54. The summed E-state index contributed by atoms with van der Waals surface area (Å²) in [5.74, 6) is -0.421. The third-order valence-corrected chi connectivity index (χ3v) is 3.00. The fourth-order valence-electron chi connectivity index (χ4n) is 1.37. The Balaban J connectivity index is 0. The number of unbranched alkanes of at least 4 members (excludes halogenated alkanes) is 3. The van der Waals surface area contributed by atoms with Crippen LogP contribution in [-0.4, -0.2) is 43.0 Å². The van der Waals surface area contributed by atoms with E-state index in [1.807, 2.05) is 0 Å². The molecule has 0 saturated carbocycles. The molecule has 0 aliphatic carbocycles. The summed E-state index contributed by atoms with van der Waals surface area (Å²) >= 11 is 0. The van der Waals surface area contributed by atoms with E-state index in [1.54, 1.807) is 0 Å². The van der Waals surface area contributed by atoms with Crippen molar-refractivity contribution in [1.82, 2.24) is 5.32 Å². The first-order valence-electron chi connectivity index (χ1n) is 5.78. The summed E-state index contributed by atoms with van der Waals surface area (Å²) in [5.41, 5.74) is 0. The van der Waals surface area contributed by atoms with Gasteiger partial charge in [0.2, 0.25) is 0 Å². The first kappa shape index (κ1) is 20.8. The summed E-state index contributed by atoms with van der Waals surface area (Å²) in [5, 5.41) is 12.2. The van der Waals surface area contributed by atoms with Gasteiger partial charge in [0, 0.05) is 13.1 Å². The van der Waals surface area contributed by atoms with Crippen LogP contribution in [0.15, 0.2) is 0 Å². The molecule has 0 bridgehead atoms. The van der Waals surface area contributed by atoms with Gasteiger partial charge in [0.05, 0.1) is 22.0 Å². The minimum absolute atomic E-state index is 0. The molecule has 0 aromatic carbocycles. The van der Waals surface area contributed by atoms with E-state index in [2.05, 4.69) is 12.2 Å². The SMILES string of the molecule is CCCCCCC(O)CNCCS(=O)(=O)[O-].[K+]. The van der Waals surface area contributed by atoms with Gasteiger partial charge in [0.25, 0.3) is 0 Å². The summed E-state index contributed by atoms with van der Waals surface area (Å²) in [6.45, 7) is 2.58. The molecular weight excluding hydrogens is 269 g/mol. The number of aliphatic hydroxyl groups excluding tert-OH is 1. The fourth-order valence-corrected chi connectivity index (χ4v) is 1.77. The fraction of sp³-hybridized carbons (Fsp3) is 1.00.